The Balaban J connectivity index is 1.54. The first-order chi connectivity index (χ1) is 10.2. The van der Waals surface area contributed by atoms with Gasteiger partial charge in [0.2, 0.25) is 5.89 Å². The summed E-state index contributed by atoms with van der Waals surface area (Å²) >= 11 is 0. The quantitative estimate of drug-likeness (QED) is 0.856. The van der Waals surface area contributed by atoms with Gasteiger partial charge in [-0.2, -0.15) is 4.98 Å². The van der Waals surface area contributed by atoms with E-state index in [1.54, 1.807) is 0 Å². The van der Waals surface area contributed by atoms with E-state index in [1.165, 1.54) is 0 Å². The van der Waals surface area contributed by atoms with Crippen LogP contribution in [0.1, 0.15) is 31.5 Å². The predicted molar refractivity (Wildman–Crippen MR) is 80.1 cm³/mol. The summed E-state index contributed by atoms with van der Waals surface area (Å²) in [6.07, 6.45) is 1.84. The van der Waals surface area contributed by atoms with Gasteiger partial charge in [0.25, 0.3) is 0 Å². The molecule has 3 heterocycles. The Morgan fingerprint density at radius 2 is 2.00 bits per heavy atom. The monoisotopic (exact) mass is 287 g/mol. The van der Waals surface area contributed by atoms with E-state index in [1.807, 2.05) is 18.3 Å². The molecular formula is C15H21N5O. The van der Waals surface area contributed by atoms with Crippen LogP contribution < -0.4 is 4.90 Å². The molecule has 0 aliphatic carbocycles. The molecule has 0 atom stereocenters. The summed E-state index contributed by atoms with van der Waals surface area (Å²) in [5, 5.41) is 4.01. The molecule has 0 radical (unpaired) electrons. The Kier molecular flexibility index (Phi) is 4.15. The molecule has 0 aromatic carbocycles. The lowest BCUT2D eigenvalue weighted by atomic mass is 10.2. The summed E-state index contributed by atoms with van der Waals surface area (Å²) in [7, 11) is 0. The molecule has 21 heavy (non-hydrogen) atoms. The molecule has 0 spiro atoms. The van der Waals surface area contributed by atoms with Gasteiger partial charge < -0.3 is 9.42 Å². The molecular weight excluding hydrogens is 266 g/mol. The zero-order valence-corrected chi connectivity index (χ0v) is 12.6. The lowest BCUT2D eigenvalue weighted by molar-refractivity contribution is 0.215. The lowest BCUT2D eigenvalue weighted by Crippen LogP contribution is -2.46. The van der Waals surface area contributed by atoms with Crippen molar-refractivity contribution in [3.63, 3.8) is 0 Å². The van der Waals surface area contributed by atoms with E-state index in [0.717, 1.165) is 44.4 Å². The van der Waals surface area contributed by atoms with Crippen LogP contribution in [0.3, 0.4) is 0 Å². The van der Waals surface area contributed by atoms with Crippen LogP contribution in [-0.2, 0) is 6.54 Å². The van der Waals surface area contributed by atoms with E-state index < -0.39 is 0 Å². The first kappa shape index (κ1) is 14.0. The van der Waals surface area contributed by atoms with E-state index >= 15 is 0 Å². The zero-order chi connectivity index (χ0) is 14.7. The Morgan fingerprint density at radius 1 is 1.19 bits per heavy atom. The van der Waals surface area contributed by atoms with Gasteiger partial charge in [-0.3, -0.25) is 4.90 Å². The van der Waals surface area contributed by atoms with E-state index in [2.05, 4.69) is 44.8 Å². The van der Waals surface area contributed by atoms with Crippen molar-refractivity contribution in [2.24, 2.45) is 0 Å². The normalized spacial score (nSPS) is 16.6. The topological polar surface area (TPSA) is 58.3 Å². The van der Waals surface area contributed by atoms with Gasteiger partial charge >= 0.3 is 0 Å². The van der Waals surface area contributed by atoms with Gasteiger partial charge in [-0.15, -0.1) is 0 Å². The zero-order valence-electron chi connectivity index (χ0n) is 12.6. The third kappa shape index (κ3) is 3.39. The van der Waals surface area contributed by atoms with E-state index in [4.69, 9.17) is 4.52 Å². The van der Waals surface area contributed by atoms with Gasteiger partial charge in [-0.05, 0) is 12.1 Å². The van der Waals surface area contributed by atoms with Crippen LogP contribution in [0.15, 0.2) is 28.9 Å². The van der Waals surface area contributed by atoms with Crippen LogP contribution in [0.5, 0.6) is 0 Å². The standard InChI is InChI=1S/C15H21N5O/c1-12(2)15-17-14(21-18-15)11-19-7-9-20(10-8-19)13-5-3-4-6-16-13/h3-6,12H,7-11H2,1-2H3. The molecule has 0 unspecified atom stereocenters. The van der Waals surface area contributed by atoms with Crippen LogP contribution in [0.4, 0.5) is 5.82 Å². The summed E-state index contributed by atoms with van der Waals surface area (Å²) in [6, 6.07) is 6.03. The van der Waals surface area contributed by atoms with Crippen molar-refractivity contribution >= 4 is 5.82 Å². The van der Waals surface area contributed by atoms with E-state index in [9.17, 15) is 0 Å². The number of nitrogens with zero attached hydrogens (tertiary/aromatic N) is 5. The summed E-state index contributed by atoms with van der Waals surface area (Å²) in [4.78, 5) is 13.5. The van der Waals surface area contributed by atoms with Crippen LogP contribution in [0.2, 0.25) is 0 Å². The van der Waals surface area contributed by atoms with Crippen LogP contribution in [-0.4, -0.2) is 46.2 Å². The maximum atomic E-state index is 5.31. The number of pyridine rings is 1. The molecule has 6 heteroatoms. The molecule has 1 saturated heterocycles. The summed E-state index contributed by atoms with van der Waals surface area (Å²) < 4.78 is 5.31. The molecule has 6 nitrogen and oxygen atoms in total. The fraction of sp³-hybridized carbons (Fsp3) is 0.533. The number of anilines is 1. The maximum Gasteiger partial charge on any atom is 0.240 e. The molecule has 2 aromatic rings. The van der Waals surface area contributed by atoms with Crippen LogP contribution in [0, 0.1) is 0 Å². The van der Waals surface area contributed by atoms with Crippen molar-refractivity contribution < 1.29 is 4.52 Å². The van der Waals surface area contributed by atoms with Gasteiger partial charge in [0.1, 0.15) is 5.82 Å². The predicted octanol–water partition coefficient (Wildman–Crippen LogP) is 1.91. The number of hydrogen-bond donors (Lipinski definition) is 0. The molecule has 1 aliphatic heterocycles. The fourth-order valence-electron chi connectivity index (χ4n) is 2.43. The minimum Gasteiger partial charge on any atom is -0.354 e. The van der Waals surface area contributed by atoms with Crippen molar-refractivity contribution in [3.05, 3.63) is 36.1 Å². The maximum absolute atomic E-state index is 5.31. The SMILES string of the molecule is CC(C)c1noc(CN2CCN(c3ccccn3)CC2)n1. The number of rotatable bonds is 4. The van der Waals surface area contributed by atoms with E-state index in [-0.39, 0.29) is 0 Å². The molecule has 0 bridgehead atoms. The van der Waals surface area contributed by atoms with Gasteiger partial charge in [0, 0.05) is 38.3 Å². The first-order valence-electron chi connectivity index (χ1n) is 7.43. The second-order valence-electron chi connectivity index (χ2n) is 5.65. The Bertz CT molecular complexity index is 560. The van der Waals surface area contributed by atoms with Crippen molar-refractivity contribution in [3.8, 4) is 0 Å². The highest BCUT2D eigenvalue weighted by atomic mass is 16.5. The minimum atomic E-state index is 0.309. The Hall–Kier alpha value is -1.95. The summed E-state index contributed by atoms with van der Waals surface area (Å²) in [6.45, 7) is 8.78. The van der Waals surface area contributed by atoms with Crippen molar-refractivity contribution in [1.29, 1.82) is 0 Å². The van der Waals surface area contributed by atoms with Crippen LogP contribution in [0.25, 0.3) is 0 Å². The van der Waals surface area contributed by atoms with Crippen molar-refractivity contribution in [2.75, 3.05) is 31.1 Å². The molecule has 1 fully saturated rings. The largest absolute Gasteiger partial charge is 0.354 e. The highest BCUT2D eigenvalue weighted by Gasteiger charge is 2.20. The molecule has 0 saturated carbocycles. The molecule has 0 N–H and O–H groups in total. The average Bonchev–Trinajstić information content (AvgIpc) is 2.98. The highest BCUT2D eigenvalue weighted by molar-refractivity contribution is 5.38. The first-order valence-corrected chi connectivity index (χ1v) is 7.43. The number of aromatic nitrogens is 3. The Morgan fingerprint density at radius 3 is 2.62 bits per heavy atom. The Labute approximate surface area is 124 Å². The van der Waals surface area contributed by atoms with E-state index in [0.29, 0.717) is 11.8 Å². The summed E-state index contributed by atoms with van der Waals surface area (Å²) in [5.41, 5.74) is 0. The number of piperazine rings is 1. The van der Waals surface area contributed by atoms with Gasteiger partial charge in [0.15, 0.2) is 5.82 Å². The lowest BCUT2D eigenvalue weighted by Gasteiger charge is -2.34. The average molecular weight is 287 g/mol. The molecule has 2 aromatic heterocycles. The highest BCUT2D eigenvalue weighted by Crippen LogP contribution is 2.15. The fourth-order valence-corrected chi connectivity index (χ4v) is 2.43. The number of hydrogen-bond acceptors (Lipinski definition) is 6. The molecule has 0 amide bonds. The smallest absolute Gasteiger partial charge is 0.240 e. The third-order valence-electron chi connectivity index (χ3n) is 3.70. The summed E-state index contributed by atoms with van der Waals surface area (Å²) in [5.74, 6) is 2.86. The molecule has 1 aliphatic rings. The van der Waals surface area contributed by atoms with Crippen molar-refractivity contribution in [1.82, 2.24) is 20.0 Å². The molecule has 3 rings (SSSR count). The third-order valence-corrected chi connectivity index (χ3v) is 3.70. The second kappa shape index (κ2) is 6.22. The van der Waals surface area contributed by atoms with Crippen LogP contribution >= 0.6 is 0 Å². The minimum absolute atomic E-state index is 0.309. The van der Waals surface area contributed by atoms with Gasteiger partial charge in [0.05, 0.1) is 6.54 Å². The molecule has 112 valence electrons. The van der Waals surface area contributed by atoms with Crippen molar-refractivity contribution in [2.45, 2.75) is 26.3 Å². The van der Waals surface area contributed by atoms with Gasteiger partial charge in [-0.25, -0.2) is 4.98 Å². The second-order valence-corrected chi connectivity index (χ2v) is 5.65. The van der Waals surface area contributed by atoms with Gasteiger partial charge in [-0.1, -0.05) is 25.1 Å².